The summed E-state index contributed by atoms with van der Waals surface area (Å²) in [5.74, 6) is -0.247. The van der Waals surface area contributed by atoms with Gasteiger partial charge in [0.1, 0.15) is 6.04 Å². The van der Waals surface area contributed by atoms with E-state index in [2.05, 4.69) is 5.32 Å². The molecule has 1 aliphatic carbocycles. The van der Waals surface area contributed by atoms with Crippen molar-refractivity contribution in [3.8, 4) is 0 Å². The Morgan fingerprint density at radius 3 is 2.87 bits per heavy atom. The first-order valence-electron chi connectivity index (χ1n) is 5.38. The molecule has 1 fully saturated rings. The molecule has 1 rings (SSSR count). The van der Waals surface area contributed by atoms with E-state index in [1.807, 2.05) is 0 Å². The summed E-state index contributed by atoms with van der Waals surface area (Å²) in [6.45, 7) is 0.203. The summed E-state index contributed by atoms with van der Waals surface area (Å²) in [6.07, 6.45) is 3.22. The third-order valence-corrected chi connectivity index (χ3v) is 2.74. The van der Waals surface area contributed by atoms with Crippen molar-refractivity contribution in [1.29, 1.82) is 0 Å². The third kappa shape index (κ3) is 3.77. The molecule has 15 heavy (non-hydrogen) atoms. The third-order valence-electron chi connectivity index (χ3n) is 2.74. The Hall–Kier alpha value is -0.650. The molecule has 0 saturated heterocycles. The van der Waals surface area contributed by atoms with E-state index in [9.17, 15) is 9.90 Å². The second-order valence-corrected chi connectivity index (χ2v) is 4.03. The molecule has 0 spiro atoms. The lowest BCUT2D eigenvalue weighted by molar-refractivity contribution is -0.125. The zero-order valence-electron chi connectivity index (χ0n) is 9.11. The van der Waals surface area contributed by atoms with Crippen LogP contribution < -0.4 is 11.1 Å². The largest absolute Gasteiger partial charge is 0.391 e. The van der Waals surface area contributed by atoms with E-state index in [1.165, 1.54) is 7.11 Å². The van der Waals surface area contributed by atoms with Crippen molar-refractivity contribution >= 4 is 5.91 Å². The molecule has 0 aromatic carbocycles. The molecule has 0 aromatic rings. The first-order chi connectivity index (χ1) is 7.15. The zero-order chi connectivity index (χ0) is 11.3. The van der Waals surface area contributed by atoms with Gasteiger partial charge in [0.2, 0.25) is 5.91 Å². The van der Waals surface area contributed by atoms with Gasteiger partial charge in [0.05, 0.1) is 18.8 Å². The highest BCUT2D eigenvalue weighted by atomic mass is 16.5. The van der Waals surface area contributed by atoms with Gasteiger partial charge in [0.25, 0.3) is 0 Å². The fourth-order valence-electron chi connectivity index (χ4n) is 1.82. The maximum atomic E-state index is 11.5. The highest BCUT2D eigenvalue weighted by molar-refractivity contribution is 5.81. The topological polar surface area (TPSA) is 84.6 Å². The molecule has 1 unspecified atom stereocenters. The molecule has 5 heteroatoms. The summed E-state index contributed by atoms with van der Waals surface area (Å²) < 4.78 is 4.79. The number of methoxy groups -OCH3 is 1. The van der Waals surface area contributed by atoms with Gasteiger partial charge >= 0.3 is 0 Å². The molecule has 1 aliphatic rings. The zero-order valence-corrected chi connectivity index (χ0v) is 9.11. The van der Waals surface area contributed by atoms with Gasteiger partial charge in [-0.25, -0.2) is 0 Å². The van der Waals surface area contributed by atoms with Crippen molar-refractivity contribution in [2.45, 2.75) is 43.9 Å². The Kier molecular flexibility index (Phi) is 5.01. The summed E-state index contributed by atoms with van der Waals surface area (Å²) in [5.41, 5.74) is 5.57. The van der Waals surface area contributed by atoms with Gasteiger partial charge in [-0.05, 0) is 12.8 Å². The predicted molar refractivity (Wildman–Crippen MR) is 56.3 cm³/mol. The van der Waals surface area contributed by atoms with Crippen molar-refractivity contribution in [2.75, 3.05) is 13.7 Å². The van der Waals surface area contributed by atoms with E-state index in [0.29, 0.717) is 0 Å². The lowest BCUT2D eigenvalue weighted by Gasteiger charge is -2.29. The van der Waals surface area contributed by atoms with E-state index in [4.69, 9.17) is 10.5 Å². The van der Waals surface area contributed by atoms with Crippen molar-refractivity contribution in [3.05, 3.63) is 0 Å². The summed E-state index contributed by atoms with van der Waals surface area (Å²) in [4.78, 5) is 11.5. The number of ether oxygens (including phenoxy) is 1. The van der Waals surface area contributed by atoms with E-state index >= 15 is 0 Å². The molecular weight excluding hydrogens is 196 g/mol. The van der Waals surface area contributed by atoms with Gasteiger partial charge in [-0.2, -0.15) is 0 Å². The number of aliphatic hydroxyl groups excluding tert-OH is 1. The standard InChI is InChI=1S/C10H20N2O3/c1-15-6-7(11)10(14)12-8-4-2-3-5-9(8)13/h7-9,13H,2-6,11H2,1H3,(H,12,14)/t7?,8-,9-/m0/s1. The minimum Gasteiger partial charge on any atom is -0.391 e. The van der Waals surface area contributed by atoms with E-state index < -0.39 is 12.1 Å². The normalized spacial score (nSPS) is 28.5. The number of amides is 1. The van der Waals surface area contributed by atoms with Crippen LogP contribution in [0, 0.1) is 0 Å². The molecule has 88 valence electrons. The Bertz CT molecular complexity index is 211. The Morgan fingerprint density at radius 1 is 1.60 bits per heavy atom. The minimum atomic E-state index is -0.649. The van der Waals surface area contributed by atoms with E-state index in [0.717, 1.165) is 25.7 Å². The first kappa shape index (κ1) is 12.4. The number of aliphatic hydroxyl groups is 1. The Morgan fingerprint density at radius 2 is 2.27 bits per heavy atom. The highest BCUT2D eigenvalue weighted by Crippen LogP contribution is 2.18. The van der Waals surface area contributed by atoms with Gasteiger partial charge in [-0.15, -0.1) is 0 Å². The number of nitrogens with two attached hydrogens (primary N) is 1. The highest BCUT2D eigenvalue weighted by Gasteiger charge is 2.26. The number of rotatable bonds is 4. The molecular formula is C10H20N2O3. The number of hydrogen-bond donors (Lipinski definition) is 3. The predicted octanol–water partition coefficient (Wildman–Crippen LogP) is -0.620. The van der Waals surface area contributed by atoms with Crippen LogP contribution in [0.5, 0.6) is 0 Å². The summed E-state index contributed by atoms with van der Waals surface area (Å²) in [5, 5.41) is 12.4. The summed E-state index contributed by atoms with van der Waals surface area (Å²) >= 11 is 0. The molecule has 0 aliphatic heterocycles. The van der Waals surface area contributed by atoms with Crippen molar-refractivity contribution in [2.24, 2.45) is 5.73 Å². The SMILES string of the molecule is COCC(N)C(=O)N[C@H]1CCCC[C@@H]1O. The minimum absolute atomic E-state index is 0.144. The molecule has 5 nitrogen and oxygen atoms in total. The van der Waals surface area contributed by atoms with Gasteiger partial charge in [0, 0.05) is 7.11 Å². The van der Waals surface area contributed by atoms with Crippen LogP contribution in [0.3, 0.4) is 0 Å². The van der Waals surface area contributed by atoms with Gasteiger partial charge in [-0.1, -0.05) is 12.8 Å². The number of carbonyl (C=O) groups excluding carboxylic acids is 1. The molecule has 0 heterocycles. The smallest absolute Gasteiger partial charge is 0.239 e. The van der Waals surface area contributed by atoms with Crippen LogP contribution in [-0.2, 0) is 9.53 Å². The van der Waals surface area contributed by atoms with Crippen LogP contribution in [0.25, 0.3) is 0 Å². The monoisotopic (exact) mass is 216 g/mol. The first-order valence-corrected chi connectivity index (χ1v) is 5.38. The summed E-state index contributed by atoms with van der Waals surface area (Å²) in [6, 6.07) is -0.793. The van der Waals surface area contributed by atoms with Crippen molar-refractivity contribution in [3.63, 3.8) is 0 Å². The van der Waals surface area contributed by atoms with Crippen LogP contribution in [0.4, 0.5) is 0 Å². The van der Waals surface area contributed by atoms with Crippen LogP contribution in [0.15, 0.2) is 0 Å². The van der Waals surface area contributed by atoms with Crippen LogP contribution in [0.1, 0.15) is 25.7 Å². The average Bonchev–Trinajstić information content (AvgIpc) is 2.21. The Labute approximate surface area is 90.0 Å². The fraction of sp³-hybridized carbons (Fsp3) is 0.900. The van der Waals surface area contributed by atoms with Gasteiger partial charge in [0.15, 0.2) is 0 Å². The van der Waals surface area contributed by atoms with Gasteiger partial charge < -0.3 is 20.9 Å². The quantitative estimate of drug-likeness (QED) is 0.584. The maximum Gasteiger partial charge on any atom is 0.239 e. The molecule has 4 N–H and O–H groups in total. The molecule has 1 amide bonds. The lowest BCUT2D eigenvalue weighted by atomic mass is 9.92. The molecule has 3 atom stereocenters. The van der Waals surface area contributed by atoms with E-state index in [-0.39, 0.29) is 18.6 Å². The van der Waals surface area contributed by atoms with E-state index in [1.54, 1.807) is 0 Å². The number of nitrogens with one attached hydrogen (secondary N) is 1. The van der Waals surface area contributed by atoms with Gasteiger partial charge in [-0.3, -0.25) is 4.79 Å². The Balaban J connectivity index is 2.35. The molecule has 1 saturated carbocycles. The molecule has 0 radical (unpaired) electrons. The molecule has 0 bridgehead atoms. The van der Waals surface area contributed by atoms with Crippen LogP contribution >= 0.6 is 0 Å². The fourth-order valence-corrected chi connectivity index (χ4v) is 1.82. The average molecular weight is 216 g/mol. The second-order valence-electron chi connectivity index (χ2n) is 4.03. The summed E-state index contributed by atoms with van der Waals surface area (Å²) in [7, 11) is 1.50. The van der Waals surface area contributed by atoms with Crippen molar-refractivity contribution < 1.29 is 14.6 Å². The number of carbonyl (C=O) groups is 1. The second kappa shape index (κ2) is 6.05. The van der Waals surface area contributed by atoms with Crippen molar-refractivity contribution in [1.82, 2.24) is 5.32 Å². The number of hydrogen-bond acceptors (Lipinski definition) is 4. The van der Waals surface area contributed by atoms with Crippen LogP contribution in [0.2, 0.25) is 0 Å². The maximum absolute atomic E-state index is 11.5. The van der Waals surface area contributed by atoms with Crippen LogP contribution in [-0.4, -0.2) is 42.9 Å². The lowest BCUT2D eigenvalue weighted by Crippen LogP contribution is -2.52. The molecule has 0 aromatic heterocycles.